The van der Waals surface area contributed by atoms with Crippen molar-refractivity contribution in [3.8, 4) is 0 Å². The highest BCUT2D eigenvalue weighted by Crippen LogP contribution is 2.64. The van der Waals surface area contributed by atoms with Crippen LogP contribution in [0.3, 0.4) is 0 Å². The summed E-state index contributed by atoms with van der Waals surface area (Å²) < 4.78 is 5.57. The second-order valence-corrected chi connectivity index (χ2v) is 11.6. The molecule has 2 N–H and O–H groups in total. The summed E-state index contributed by atoms with van der Waals surface area (Å²) in [6.07, 6.45) is 13.7. The Balaban J connectivity index is 1.31. The van der Waals surface area contributed by atoms with Crippen molar-refractivity contribution in [1.82, 2.24) is 10.6 Å². The number of allylic oxidation sites excluding steroid dienone is 1. The Hall–Kier alpha value is -1.36. The maximum Gasteiger partial charge on any atom is 0.302 e. The number of ether oxygens (including phenoxy) is 1. The van der Waals surface area contributed by atoms with Gasteiger partial charge in [0.2, 0.25) is 5.91 Å². The third-order valence-electron chi connectivity index (χ3n) is 10.1. The van der Waals surface area contributed by atoms with Crippen molar-refractivity contribution in [1.29, 1.82) is 0 Å². The second-order valence-electron chi connectivity index (χ2n) is 11.6. The first-order valence-corrected chi connectivity index (χ1v) is 12.7. The van der Waals surface area contributed by atoms with E-state index in [0.29, 0.717) is 12.0 Å². The Morgan fingerprint density at radius 2 is 1.94 bits per heavy atom. The topological polar surface area (TPSA) is 67.4 Å². The van der Waals surface area contributed by atoms with E-state index in [4.69, 9.17) is 4.74 Å². The van der Waals surface area contributed by atoms with Gasteiger partial charge in [-0.3, -0.25) is 9.59 Å². The zero-order chi connectivity index (χ0) is 21.8. The maximum atomic E-state index is 12.8. The third kappa shape index (κ3) is 3.55. The fourth-order valence-electron chi connectivity index (χ4n) is 8.38. The monoisotopic (exact) mass is 428 g/mol. The molecule has 1 saturated heterocycles. The number of amides is 1. The number of carbonyl (C=O) groups is 2. The van der Waals surface area contributed by atoms with Crippen LogP contribution in [0.1, 0.15) is 85.0 Å². The number of nitrogens with one attached hydrogen (secondary N) is 2. The highest BCUT2D eigenvalue weighted by atomic mass is 16.5. The van der Waals surface area contributed by atoms with Gasteiger partial charge in [-0.2, -0.15) is 0 Å². The molecule has 0 aromatic heterocycles. The summed E-state index contributed by atoms with van der Waals surface area (Å²) in [7, 11) is 0. The quantitative estimate of drug-likeness (QED) is 0.524. The van der Waals surface area contributed by atoms with E-state index in [0.717, 1.165) is 63.3 Å². The van der Waals surface area contributed by atoms with Crippen LogP contribution in [0.25, 0.3) is 0 Å². The standard InChI is InChI=1S/C26H40N2O3/c1-16(29)31-18-10-12-25(2)17(15-18)6-7-19-20-8-9-23(26(20,3)13-11-21(19)25)28-24(30)22-5-4-14-27-22/h6,18-23,27H,4-5,7-15H2,1-3H3,(H,28,30)/t18?,19-,20-,21-,22-,23?,25-,26-/m0/s1. The molecule has 5 aliphatic rings. The van der Waals surface area contributed by atoms with Crippen molar-refractivity contribution in [2.45, 2.75) is 103 Å². The molecule has 2 unspecified atom stereocenters. The molecule has 0 aromatic carbocycles. The lowest BCUT2D eigenvalue weighted by Crippen LogP contribution is -2.55. The molecule has 4 aliphatic carbocycles. The first kappa shape index (κ1) is 21.5. The van der Waals surface area contributed by atoms with Gasteiger partial charge in [-0.1, -0.05) is 25.5 Å². The Labute approximate surface area is 187 Å². The molecule has 3 saturated carbocycles. The summed E-state index contributed by atoms with van der Waals surface area (Å²) in [4.78, 5) is 24.3. The summed E-state index contributed by atoms with van der Waals surface area (Å²) in [6, 6.07) is 0.344. The van der Waals surface area contributed by atoms with E-state index in [1.807, 2.05) is 0 Å². The number of hydrogen-bond donors (Lipinski definition) is 2. The van der Waals surface area contributed by atoms with Crippen LogP contribution in [-0.4, -0.2) is 36.6 Å². The predicted molar refractivity (Wildman–Crippen MR) is 120 cm³/mol. The minimum Gasteiger partial charge on any atom is -0.462 e. The van der Waals surface area contributed by atoms with Gasteiger partial charge in [0, 0.05) is 19.4 Å². The molecular weight excluding hydrogens is 388 g/mol. The molecule has 5 nitrogen and oxygen atoms in total. The summed E-state index contributed by atoms with van der Waals surface area (Å²) in [6.45, 7) is 7.45. The molecule has 172 valence electrons. The van der Waals surface area contributed by atoms with Crippen molar-refractivity contribution in [3.05, 3.63) is 11.6 Å². The number of rotatable bonds is 3. The van der Waals surface area contributed by atoms with Crippen LogP contribution in [0.5, 0.6) is 0 Å². The lowest BCUT2D eigenvalue weighted by molar-refractivity contribution is -0.148. The molecule has 5 heteroatoms. The van der Waals surface area contributed by atoms with Gasteiger partial charge in [-0.25, -0.2) is 0 Å². The third-order valence-corrected chi connectivity index (χ3v) is 10.1. The number of hydrogen-bond acceptors (Lipinski definition) is 4. The first-order chi connectivity index (χ1) is 14.8. The lowest BCUT2D eigenvalue weighted by atomic mass is 9.48. The van der Waals surface area contributed by atoms with E-state index in [2.05, 4.69) is 30.6 Å². The van der Waals surface area contributed by atoms with E-state index >= 15 is 0 Å². The fourth-order valence-corrected chi connectivity index (χ4v) is 8.38. The molecule has 1 amide bonds. The van der Waals surface area contributed by atoms with Gasteiger partial charge in [-0.05, 0) is 92.9 Å². The minimum absolute atomic E-state index is 0.0190. The fraction of sp³-hybridized carbons (Fsp3) is 0.846. The van der Waals surface area contributed by atoms with E-state index < -0.39 is 0 Å². The summed E-state index contributed by atoms with van der Waals surface area (Å²) in [5.41, 5.74) is 2.03. The Morgan fingerprint density at radius 3 is 2.68 bits per heavy atom. The Bertz CT molecular complexity index is 773. The highest BCUT2D eigenvalue weighted by molar-refractivity contribution is 5.82. The van der Waals surface area contributed by atoms with Crippen LogP contribution in [-0.2, 0) is 14.3 Å². The molecule has 1 heterocycles. The zero-order valence-corrected chi connectivity index (χ0v) is 19.5. The summed E-state index contributed by atoms with van der Waals surface area (Å²) >= 11 is 0. The molecular formula is C26H40N2O3. The van der Waals surface area contributed by atoms with Gasteiger partial charge in [0.25, 0.3) is 0 Å². The smallest absolute Gasteiger partial charge is 0.302 e. The van der Waals surface area contributed by atoms with Crippen molar-refractivity contribution in [2.24, 2.45) is 28.6 Å². The predicted octanol–water partition coefficient (Wildman–Crippen LogP) is 4.12. The molecule has 31 heavy (non-hydrogen) atoms. The maximum absolute atomic E-state index is 12.8. The van der Waals surface area contributed by atoms with Crippen LogP contribution in [0, 0.1) is 28.6 Å². The average Bonchev–Trinajstić information content (AvgIpc) is 3.36. The van der Waals surface area contributed by atoms with Crippen LogP contribution in [0.4, 0.5) is 0 Å². The van der Waals surface area contributed by atoms with Crippen molar-refractivity contribution in [2.75, 3.05) is 6.54 Å². The number of carbonyl (C=O) groups excluding carboxylic acids is 2. The minimum atomic E-state index is -0.150. The van der Waals surface area contributed by atoms with E-state index in [1.165, 1.54) is 26.2 Å². The molecule has 8 atom stereocenters. The van der Waals surface area contributed by atoms with Crippen molar-refractivity contribution >= 4 is 11.9 Å². The highest BCUT2D eigenvalue weighted by Gasteiger charge is 2.59. The average molecular weight is 429 g/mol. The van der Waals surface area contributed by atoms with E-state index in [1.54, 1.807) is 5.57 Å². The van der Waals surface area contributed by atoms with Crippen LogP contribution >= 0.6 is 0 Å². The molecule has 1 aliphatic heterocycles. The van der Waals surface area contributed by atoms with Crippen LogP contribution in [0.2, 0.25) is 0 Å². The molecule has 4 fully saturated rings. The van der Waals surface area contributed by atoms with Gasteiger partial charge in [0.05, 0.1) is 6.04 Å². The van der Waals surface area contributed by atoms with Crippen molar-refractivity contribution < 1.29 is 14.3 Å². The number of fused-ring (bicyclic) bond motifs is 5. The van der Waals surface area contributed by atoms with Gasteiger partial charge in [0.1, 0.15) is 6.10 Å². The largest absolute Gasteiger partial charge is 0.462 e. The van der Waals surface area contributed by atoms with Gasteiger partial charge < -0.3 is 15.4 Å². The zero-order valence-electron chi connectivity index (χ0n) is 19.5. The molecule has 0 aromatic rings. The van der Waals surface area contributed by atoms with Gasteiger partial charge in [0.15, 0.2) is 0 Å². The summed E-state index contributed by atoms with van der Waals surface area (Å²) in [5, 5.41) is 6.84. The van der Waals surface area contributed by atoms with E-state index in [9.17, 15) is 9.59 Å². The Morgan fingerprint density at radius 1 is 1.10 bits per heavy atom. The van der Waals surface area contributed by atoms with Gasteiger partial charge >= 0.3 is 5.97 Å². The summed E-state index contributed by atoms with van der Waals surface area (Å²) in [5.74, 6) is 2.24. The molecule has 0 bridgehead atoms. The second kappa shape index (κ2) is 7.90. The molecule has 0 radical (unpaired) electrons. The van der Waals surface area contributed by atoms with Crippen LogP contribution < -0.4 is 10.6 Å². The molecule has 5 rings (SSSR count). The van der Waals surface area contributed by atoms with Crippen molar-refractivity contribution in [3.63, 3.8) is 0 Å². The number of esters is 1. The van der Waals surface area contributed by atoms with Crippen LogP contribution in [0.15, 0.2) is 11.6 Å². The molecule has 0 spiro atoms. The SMILES string of the molecule is CC(=O)OC1CC[C@@]2(C)C(=CC[C@@H]3[C@@H]2CC[C@]2(C)C(NC(=O)[C@@H]4CCCN4)CC[C@@H]32)C1. The Kier molecular flexibility index (Phi) is 5.47. The van der Waals surface area contributed by atoms with E-state index in [-0.39, 0.29) is 34.9 Å². The van der Waals surface area contributed by atoms with Gasteiger partial charge in [-0.15, -0.1) is 0 Å². The lowest BCUT2D eigenvalue weighted by Gasteiger charge is -2.58. The normalized spacial score (nSPS) is 46.4. The first-order valence-electron chi connectivity index (χ1n) is 12.7.